The van der Waals surface area contributed by atoms with Crippen LogP contribution in [0, 0.1) is 0 Å². The van der Waals surface area contributed by atoms with E-state index in [2.05, 4.69) is 5.32 Å². The standard InChI is InChI=1S/C21H34N2O4/c1-4-23(5-2)21(25)12-8-11-20(24)22-16-18-9-7-10-19(15-18)17-27-14-13-26-6-3/h7,9-10,15H,4-6,8,11-14,16-17H2,1-3H3,(H,22,24). The van der Waals surface area contributed by atoms with Gasteiger partial charge < -0.3 is 19.7 Å². The van der Waals surface area contributed by atoms with E-state index in [1.807, 2.05) is 45.0 Å². The Morgan fingerprint density at radius 1 is 1.00 bits per heavy atom. The molecule has 0 spiro atoms. The Labute approximate surface area is 163 Å². The van der Waals surface area contributed by atoms with Gasteiger partial charge in [-0.15, -0.1) is 0 Å². The van der Waals surface area contributed by atoms with Gasteiger partial charge in [0.2, 0.25) is 11.8 Å². The zero-order chi connectivity index (χ0) is 19.9. The number of benzene rings is 1. The van der Waals surface area contributed by atoms with E-state index in [-0.39, 0.29) is 11.8 Å². The first-order valence-electron chi connectivity index (χ1n) is 9.88. The van der Waals surface area contributed by atoms with Crippen LogP contribution in [0.2, 0.25) is 0 Å². The Hall–Kier alpha value is -1.92. The van der Waals surface area contributed by atoms with Crippen LogP contribution in [0.25, 0.3) is 0 Å². The molecule has 27 heavy (non-hydrogen) atoms. The number of nitrogens with zero attached hydrogens (tertiary/aromatic N) is 1. The molecule has 0 atom stereocenters. The van der Waals surface area contributed by atoms with E-state index in [0.29, 0.717) is 65.3 Å². The average Bonchev–Trinajstić information content (AvgIpc) is 2.67. The Balaban J connectivity index is 2.27. The van der Waals surface area contributed by atoms with Gasteiger partial charge in [0.15, 0.2) is 0 Å². The van der Waals surface area contributed by atoms with E-state index in [1.54, 1.807) is 4.90 Å². The normalized spacial score (nSPS) is 10.6. The molecule has 1 aromatic carbocycles. The van der Waals surface area contributed by atoms with E-state index in [9.17, 15) is 9.59 Å². The van der Waals surface area contributed by atoms with Gasteiger partial charge in [0.05, 0.1) is 19.8 Å². The van der Waals surface area contributed by atoms with Crippen molar-refractivity contribution in [3.63, 3.8) is 0 Å². The molecule has 2 amide bonds. The molecule has 0 bridgehead atoms. The molecule has 1 rings (SSSR count). The van der Waals surface area contributed by atoms with E-state index in [0.717, 1.165) is 11.1 Å². The molecular formula is C21H34N2O4. The molecule has 0 unspecified atom stereocenters. The summed E-state index contributed by atoms with van der Waals surface area (Å²) in [7, 11) is 0. The van der Waals surface area contributed by atoms with Crippen molar-refractivity contribution >= 4 is 11.8 Å². The molecule has 1 N–H and O–H groups in total. The number of carbonyl (C=O) groups is 2. The van der Waals surface area contributed by atoms with E-state index < -0.39 is 0 Å². The predicted octanol–water partition coefficient (Wildman–Crippen LogP) is 2.89. The summed E-state index contributed by atoms with van der Waals surface area (Å²) in [5.74, 6) is 0.0885. The lowest BCUT2D eigenvalue weighted by molar-refractivity contribution is -0.131. The molecule has 1 aromatic rings. The first-order valence-corrected chi connectivity index (χ1v) is 9.88. The third-order valence-corrected chi connectivity index (χ3v) is 4.24. The predicted molar refractivity (Wildman–Crippen MR) is 106 cm³/mol. The number of nitrogens with one attached hydrogen (secondary N) is 1. The maximum Gasteiger partial charge on any atom is 0.222 e. The SMILES string of the molecule is CCOCCOCc1cccc(CNC(=O)CCCC(=O)N(CC)CC)c1. The second-order valence-corrected chi connectivity index (χ2v) is 6.27. The van der Waals surface area contributed by atoms with Gasteiger partial charge in [0, 0.05) is 39.1 Å². The van der Waals surface area contributed by atoms with Gasteiger partial charge in [-0.1, -0.05) is 24.3 Å². The van der Waals surface area contributed by atoms with Crippen molar-refractivity contribution < 1.29 is 19.1 Å². The summed E-state index contributed by atoms with van der Waals surface area (Å²) in [6.07, 6.45) is 1.37. The lowest BCUT2D eigenvalue weighted by Gasteiger charge is -2.18. The maximum atomic E-state index is 12.0. The number of hydrogen-bond donors (Lipinski definition) is 1. The third kappa shape index (κ3) is 10.1. The summed E-state index contributed by atoms with van der Waals surface area (Å²) in [4.78, 5) is 25.7. The largest absolute Gasteiger partial charge is 0.379 e. The van der Waals surface area contributed by atoms with Crippen molar-refractivity contribution in [2.24, 2.45) is 0 Å². The van der Waals surface area contributed by atoms with Gasteiger partial charge in [-0.05, 0) is 38.3 Å². The molecule has 152 valence electrons. The molecule has 6 nitrogen and oxygen atoms in total. The second-order valence-electron chi connectivity index (χ2n) is 6.27. The number of rotatable bonds is 14. The van der Waals surface area contributed by atoms with Crippen molar-refractivity contribution in [1.82, 2.24) is 10.2 Å². The van der Waals surface area contributed by atoms with Gasteiger partial charge in [-0.25, -0.2) is 0 Å². The fourth-order valence-electron chi connectivity index (χ4n) is 2.71. The second kappa shape index (κ2) is 14.2. The van der Waals surface area contributed by atoms with Crippen molar-refractivity contribution in [3.8, 4) is 0 Å². The quantitative estimate of drug-likeness (QED) is 0.506. The molecule has 0 saturated heterocycles. The molecule has 0 saturated carbocycles. The minimum Gasteiger partial charge on any atom is -0.379 e. The van der Waals surface area contributed by atoms with Crippen molar-refractivity contribution in [2.75, 3.05) is 32.9 Å². The summed E-state index contributed by atoms with van der Waals surface area (Å²) < 4.78 is 10.8. The molecule has 0 aliphatic carbocycles. The van der Waals surface area contributed by atoms with Crippen LogP contribution in [-0.4, -0.2) is 49.6 Å². The first kappa shape index (κ1) is 23.1. The number of ether oxygens (including phenoxy) is 2. The smallest absolute Gasteiger partial charge is 0.222 e. The van der Waals surface area contributed by atoms with Gasteiger partial charge in [-0.3, -0.25) is 9.59 Å². The fourth-order valence-corrected chi connectivity index (χ4v) is 2.71. The molecule has 0 heterocycles. The lowest BCUT2D eigenvalue weighted by atomic mass is 10.1. The topological polar surface area (TPSA) is 67.9 Å². The van der Waals surface area contributed by atoms with Crippen LogP contribution in [-0.2, 0) is 32.2 Å². The first-order chi connectivity index (χ1) is 13.1. The Kier molecular flexibility index (Phi) is 12.1. The monoisotopic (exact) mass is 378 g/mol. The van der Waals surface area contributed by atoms with E-state index in [4.69, 9.17) is 9.47 Å². The molecule has 0 aliphatic heterocycles. The summed E-state index contributed by atoms with van der Waals surface area (Å²) >= 11 is 0. The number of carbonyl (C=O) groups excluding carboxylic acids is 2. The molecular weight excluding hydrogens is 344 g/mol. The minimum absolute atomic E-state index is 0.0271. The Morgan fingerprint density at radius 3 is 2.41 bits per heavy atom. The lowest BCUT2D eigenvalue weighted by Crippen LogP contribution is -2.30. The molecule has 0 fully saturated rings. The molecule has 0 aromatic heterocycles. The van der Waals surface area contributed by atoms with E-state index >= 15 is 0 Å². The third-order valence-electron chi connectivity index (χ3n) is 4.24. The Morgan fingerprint density at radius 2 is 1.70 bits per heavy atom. The summed E-state index contributed by atoms with van der Waals surface area (Å²) in [5, 5.41) is 2.92. The van der Waals surface area contributed by atoms with Crippen LogP contribution in [0.3, 0.4) is 0 Å². The highest BCUT2D eigenvalue weighted by Crippen LogP contribution is 2.07. The fraction of sp³-hybridized carbons (Fsp3) is 0.619. The van der Waals surface area contributed by atoms with Crippen LogP contribution in [0.1, 0.15) is 51.2 Å². The summed E-state index contributed by atoms with van der Waals surface area (Å²) in [5.41, 5.74) is 2.11. The van der Waals surface area contributed by atoms with Gasteiger partial charge in [-0.2, -0.15) is 0 Å². The molecule has 0 radical (unpaired) electrons. The zero-order valence-corrected chi connectivity index (χ0v) is 17.0. The van der Waals surface area contributed by atoms with Crippen LogP contribution >= 0.6 is 0 Å². The summed E-state index contributed by atoms with van der Waals surface area (Å²) in [6.45, 7) is 10.2. The van der Waals surface area contributed by atoms with Crippen LogP contribution in [0.5, 0.6) is 0 Å². The molecule has 0 aliphatic rings. The highest BCUT2D eigenvalue weighted by molar-refractivity contribution is 5.78. The minimum atomic E-state index is -0.0271. The highest BCUT2D eigenvalue weighted by atomic mass is 16.5. The van der Waals surface area contributed by atoms with Gasteiger partial charge in [0.25, 0.3) is 0 Å². The van der Waals surface area contributed by atoms with Crippen molar-refractivity contribution in [3.05, 3.63) is 35.4 Å². The van der Waals surface area contributed by atoms with Gasteiger partial charge >= 0.3 is 0 Å². The maximum absolute atomic E-state index is 12.0. The number of amides is 2. The van der Waals surface area contributed by atoms with Crippen LogP contribution < -0.4 is 5.32 Å². The Bertz CT molecular complexity index is 559. The van der Waals surface area contributed by atoms with Gasteiger partial charge in [0.1, 0.15) is 0 Å². The van der Waals surface area contributed by atoms with Crippen molar-refractivity contribution in [2.45, 2.75) is 53.2 Å². The highest BCUT2D eigenvalue weighted by Gasteiger charge is 2.10. The van der Waals surface area contributed by atoms with Crippen molar-refractivity contribution in [1.29, 1.82) is 0 Å². The average molecular weight is 379 g/mol. The molecule has 6 heteroatoms. The number of hydrogen-bond acceptors (Lipinski definition) is 4. The van der Waals surface area contributed by atoms with E-state index in [1.165, 1.54) is 0 Å². The summed E-state index contributed by atoms with van der Waals surface area (Å²) in [6, 6.07) is 7.98. The zero-order valence-electron chi connectivity index (χ0n) is 17.0. The van der Waals surface area contributed by atoms with Crippen LogP contribution in [0.15, 0.2) is 24.3 Å². The van der Waals surface area contributed by atoms with Crippen LogP contribution in [0.4, 0.5) is 0 Å².